The molecular formula is C24H27F6N3O4S. The predicted octanol–water partition coefficient (Wildman–Crippen LogP) is 3.44. The van der Waals surface area contributed by atoms with Crippen molar-refractivity contribution in [1.29, 1.82) is 0 Å². The van der Waals surface area contributed by atoms with Gasteiger partial charge in [-0.2, -0.15) is 30.6 Å². The minimum Gasteiger partial charge on any atom is -0.369 e. The lowest BCUT2D eigenvalue weighted by atomic mass is 9.89. The molecule has 0 saturated carbocycles. The van der Waals surface area contributed by atoms with Crippen molar-refractivity contribution in [2.24, 2.45) is 0 Å². The number of carbonyl (C=O) groups is 1. The molecule has 3 rings (SSSR count). The molecule has 14 heteroatoms. The van der Waals surface area contributed by atoms with Crippen LogP contribution in [0.4, 0.5) is 26.3 Å². The Morgan fingerprint density at radius 1 is 0.921 bits per heavy atom. The number of sulfonamides is 1. The zero-order chi connectivity index (χ0) is 28.7. The lowest BCUT2D eigenvalue weighted by molar-refractivity contribution is -0.376. The highest BCUT2D eigenvalue weighted by molar-refractivity contribution is 7.88. The Morgan fingerprint density at radius 2 is 1.45 bits per heavy atom. The Kier molecular flexibility index (Phi) is 8.23. The summed E-state index contributed by atoms with van der Waals surface area (Å²) in [6, 6.07) is 7.88. The van der Waals surface area contributed by atoms with Crippen molar-refractivity contribution >= 4 is 15.9 Å². The maximum absolute atomic E-state index is 13.2. The maximum Gasteiger partial charge on any atom is 0.430 e. The van der Waals surface area contributed by atoms with Crippen LogP contribution in [-0.4, -0.2) is 92.4 Å². The molecule has 38 heavy (non-hydrogen) atoms. The largest absolute Gasteiger partial charge is 0.430 e. The molecule has 1 aliphatic rings. The standard InChI is InChI=1S/C24H27F6N3O4S/c1-31(2)21(34)20-14-16(15-32-10-12-33(13-11-32)38(3,36)37)4-9-19(20)17-5-7-18(8-6-17)22(35,23(25,26)27)24(28,29)30/h4-9,14,35H,10-13,15H2,1-3H3. The van der Waals surface area contributed by atoms with Gasteiger partial charge in [0.05, 0.1) is 6.26 Å². The van der Waals surface area contributed by atoms with Crippen LogP contribution in [0.2, 0.25) is 0 Å². The Balaban J connectivity index is 1.93. The summed E-state index contributed by atoms with van der Waals surface area (Å²) in [6.45, 7) is 1.96. The third kappa shape index (κ3) is 5.98. The lowest BCUT2D eigenvalue weighted by Gasteiger charge is -2.33. The molecule has 0 aromatic heterocycles. The summed E-state index contributed by atoms with van der Waals surface area (Å²) in [6.07, 6.45) is -10.9. The molecule has 0 bridgehead atoms. The third-order valence-corrected chi connectivity index (χ3v) is 7.66. The predicted molar refractivity (Wildman–Crippen MR) is 128 cm³/mol. The molecule has 1 amide bonds. The van der Waals surface area contributed by atoms with Crippen molar-refractivity contribution in [3.63, 3.8) is 0 Å². The van der Waals surface area contributed by atoms with Gasteiger partial charge in [0.2, 0.25) is 10.0 Å². The van der Waals surface area contributed by atoms with Gasteiger partial charge in [0.25, 0.3) is 11.5 Å². The van der Waals surface area contributed by atoms with Gasteiger partial charge in [0.1, 0.15) is 0 Å². The quantitative estimate of drug-likeness (QED) is 0.541. The fourth-order valence-electron chi connectivity index (χ4n) is 4.22. The second kappa shape index (κ2) is 10.5. The highest BCUT2D eigenvalue weighted by Gasteiger charge is 2.71. The highest BCUT2D eigenvalue weighted by Crippen LogP contribution is 2.50. The van der Waals surface area contributed by atoms with E-state index in [9.17, 15) is 44.7 Å². The van der Waals surface area contributed by atoms with E-state index >= 15 is 0 Å². The fourth-order valence-corrected chi connectivity index (χ4v) is 5.04. The van der Waals surface area contributed by atoms with E-state index in [4.69, 9.17) is 0 Å². The van der Waals surface area contributed by atoms with Crippen LogP contribution < -0.4 is 0 Å². The Bertz CT molecular complexity index is 1260. The van der Waals surface area contributed by atoms with E-state index in [1.54, 1.807) is 18.2 Å². The van der Waals surface area contributed by atoms with E-state index < -0.39 is 39.4 Å². The molecule has 7 nitrogen and oxygen atoms in total. The number of hydrogen-bond donors (Lipinski definition) is 1. The van der Waals surface area contributed by atoms with Gasteiger partial charge in [-0.25, -0.2) is 8.42 Å². The van der Waals surface area contributed by atoms with Gasteiger partial charge in [-0.1, -0.05) is 36.4 Å². The Hall–Kier alpha value is -2.68. The number of amides is 1. The van der Waals surface area contributed by atoms with Gasteiger partial charge < -0.3 is 10.0 Å². The molecule has 0 radical (unpaired) electrons. The number of carbonyl (C=O) groups excluding carboxylic acids is 1. The van der Waals surface area contributed by atoms with Crippen molar-refractivity contribution in [3.8, 4) is 11.1 Å². The SMILES string of the molecule is CN(C)C(=O)c1cc(CN2CCN(S(C)(=O)=O)CC2)ccc1-c1ccc(C(O)(C(F)(F)F)C(F)(F)F)cc1. The highest BCUT2D eigenvalue weighted by atomic mass is 32.2. The van der Waals surface area contributed by atoms with Gasteiger partial charge in [0.15, 0.2) is 0 Å². The number of rotatable bonds is 6. The third-order valence-electron chi connectivity index (χ3n) is 6.36. The van der Waals surface area contributed by atoms with Crippen LogP contribution in [0.1, 0.15) is 21.5 Å². The van der Waals surface area contributed by atoms with Crippen LogP contribution in [0.25, 0.3) is 11.1 Å². The minimum absolute atomic E-state index is 0.178. The first kappa shape index (κ1) is 29.9. The number of piperazine rings is 1. The number of halogens is 6. The van der Waals surface area contributed by atoms with Crippen LogP contribution in [0.3, 0.4) is 0 Å². The van der Waals surface area contributed by atoms with E-state index in [0.717, 1.165) is 18.4 Å². The minimum atomic E-state index is -6.01. The molecule has 0 unspecified atom stereocenters. The van der Waals surface area contributed by atoms with Gasteiger partial charge in [0, 0.05) is 57.9 Å². The number of alkyl halides is 6. The van der Waals surface area contributed by atoms with Crippen molar-refractivity contribution < 1.29 is 44.7 Å². The molecule has 1 heterocycles. The zero-order valence-electron chi connectivity index (χ0n) is 20.8. The molecule has 0 atom stereocenters. The second-order valence-corrected chi connectivity index (χ2v) is 11.3. The molecule has 1 aliphatic heterocycles. The molecule has 1 saturated heterocycles. The van der Waals surface area contributed by atoms with Crippen molar-refractivity contribution in [1.82, 2.24) is 14.1 Å². The van der Waals surface area contributed by atoms with Gasteiger partial charge >= 0.3 is 12.4 Å². The van der Waals surface area contributed by atoms with Gasteiger partial charge in [-0.3, -0.25) is 9.69 Å². The van der Waals surface area contributed by atoms with Gasteiger partial charge in [-0.05, 0) is 22.8 Å². The molecule has 1 fully saturated rings. The average Bonchev–Trinajstić information content (AvgIpc) is 2.81. The van der Waals surface area contributed by atoms with Crippen LogP contribution in [0.15, 0.2) is 42.5 Å². The normalized spacial score (nSPS) is 16.5. The second-order valence-electron chi connectivity index (χ2n) is 9.30. The summed E-state index contributed by atoms with van der Waals surface area (Å²) >= 11 is 0. The fraction of sp³-hybridized carbons (Fsp3) is 0.458. The molecule has 0 spiro atoms. The average molecular weight is 568 g/mol. The monoisotopic (exact) mass is 567 g/mol. The van der Waals surface area contributed by atoms with Crippen LogP contribution in [0, 0.1) is 0 Å². The summed E-state index contributed by atoms with van der Waals surface area (Å²) in [4.78, 5) is 16.2. The number of nitrogens with zero attached hydrogens (tertiary/aromatic N) is 3. The zero-order valence-corrected chi connectivity index (χ0v) is 21.6. The Morgan fingerprint density at radius 3 is 1.89 bits per heavy atom. The number of hydrogen-bond acceptors (Lipinski definition) is 5. The Labute approximate surface area is 216 Å². The van der Waals surface area contributed by atoms with Gasteiger partial charge in [-0.15, -0.1) is 0 Å². The molecule has 210 valence electrons. The van der Waals surface area contributed by atoms with E-state index in [1.807, 2.05) is 4.90 Å². The van der Waals surface area contributed by atoms with E-state index in [-0.39, 0.29) is 16.7 Å². The first-order valence-electron chi connectivity index (χ1n) is 11.3. The summed E-state index contributed by atoms with van der Waals surface area (Å²) in [5.41, 5.74) is -5.09. The number of aliphatic hydroxyl groups is 1. The smallest absolute Gasteiger partial charge is 0.369 e. The number of benzene rings is 2. The molecular weight excluding hydrogens is 540 g/mol. The summed E-state index contributed by atoms with van der Waals surface area (Å²) in [5, 5.41) is 9.63. The summed E-state index contributed by atoms with van der Waals surface area (Å²) in [7, 11) is -0.301. The van der Waals surface area contributed by atoms with Crippen LogP contribution in [0.5, 0.6) is 0 Å². The van der Waals surface area contributed by atoms with Crippen LogP contribution >= 0.6 is 0 Å². The molecule has 0 aliphatic carbocycles. The van der Waals surface area contributed by atoms with Crippen molar-refractivity contribution in [2.75, 3.05) is 46.5 Å². The lowest BCUT2D eigenvalue weighted by Crippen LogP contribution is -2.53. The summed E-state index contributed by atoms with van der Waals surface area (Å²) < 4.78 is 104. The van der Waals surface area contributed by atoms with E-state index in [2.05, 4.69) is 0 Å². The molecule has 2 aromatic rings. The molecule has 2 aromatic carbocycles. The first-order valence-corrected chi connectivity index (χ1v) is 13.2. The molecule has 1 N–H and O–H groups in total. The van der Waals surface area contributed by atoms with Crippen molar-refractivity contribution in [3.05, 3.63) is 59.2 Å². The van der Waals surface area contributed by atoms with Crippen LogP contribution in [-0.2, 0) is 22.2 Å². The maximum atomic E-state index is 13.2. The summed E-state index contributed by atoms with van der Waals surface area (Å²) in [5.74, 6) is -0.435. The van der Waals surface area contributed by atoms with E-state index in [1.165, 1.54) is 23.3 Å². The van der Waals surface area contributed by atoms with E-state index in [0.29, 0.717) is 50.4 Å². The first-order chi connectivity index (χ1) is 17.4. The van der Waals surface area contributed by atoms with Crippen molar-refractivity contribution in [2.45, 2.75) is 24.5 Å². The topological polar surface area (TPSA) is 81.2 Å².